The number of benzene rings is 2. The van der Waals surface area contributed by atoms with Crippen molar-refractivity contribution in [3.05, 3.63) is 94.7 Å². The van der Waals surface area contributed by atoms with Crippen molar-refractivity contribution < 1.29 is 13.9 Å². The van der Waals surface area contributed by atoms with Crippen LogP contribution in [0.3, 0.4) is 0 Å². The van der Waals surface area contributed by atoms with Gasteiger partial charge in [-0.2, -0.15) is 0 Å². The van der Waals surface area contributed by atoms with Gasteiger partial charge in [-0.05, 0) is 29.1 Å². The standard InChI is InChI=1S/C21H16N2O4/c24-18-11-19(27-13-20(18)26-12-14-4-2-1-3-5-14)21(25)23-16-7-6-15-8-9-22-17(15)10-16/h1-11,13,22H,12H2,(H,23,25). The van der Waals surface area contributed by atoms with Crippen molar-refractivity contribution in [3.63, 3.8) is 0 Å². The molecular formula is C21H16N2O4. The Balaban J connectivity index is 1.46. The lowest BCUT2D eigenvalue weighted by molar-refractivity contribution is 0.0993. The molecule has 0 bridgehead atoms. The number of amides is 1. The van der Waals surface area contributed by atoms with Crippen LogP contribution >= 0.6 is 0 Å². The van der Waals surface area contributed by atoms with Crippen LogP contribution in [0.2, 0.25) is 0 Å². The van der Waals surface area contributed by atoms with E-state index in [0.29, 0.717) is 5.69 Å². The summed E-state index contributed by atoms with van der Waals surface area (Å²) in [6.07, 6.45) is 2.98. The second-order valence-electron chi connectivity index (χ2n) is 5.98. The highest BCUT2D eigenvalue weighted by Gasteiger charge is 2.13. The molecule has 4 aromatic rings. The molecule has 0 unspecified atom stereocenters. The Labute approximate surface area is 154 Å². The molecule has 2 heterocycles. The second kappa shape index (κ2) is 7.21. The third-order valence-corrected chi connectivity index (χ3v) is 4.07. The highest BCUT2D eigenvalue weighted by Crippen LogP contribution is 2.18. The molecule has 0 atom stereocenters. The maximum atomic E-state index is 12.3. The van der Waals surface area contributed by atoms with Gasteiger partial charge in [0.05, 0.1) is 0 Å². The minimum atomic E-state index is -0.507. The molecule has 4 rings (SSSR count). The maximum Gasteiger partial charge on any atom is 0.291 e. The summed E-state index contributed by atoms with van der Waals surface area (Å²) in [5.74, 6) is -0.533. The zero-order valence-electron chi connectivity index (χ0n) is 14.3. The first kappa shape index (κ1) is 16.7. The first-order chi connectivity index (χ1) is 13.2. The van der Waals surface area contributed by atoms with Gasteiger partial charge in [0.25, 0.3) is 5.91 Å². The fourth-order valence-electron chi connectivity index (χ4n) is 2.68. The lowest BCUT2D eigenvalue weighted by Gasteiger charge is -2.07. The Morgan fingerprint density at radius 3 is 2.74 bits per heavy atom. The molecule has 0 aliphatic rings. The van der Waals surface area contributed by atoms with Crippen LogP contribution in [0, 0.1) is 0 Å². The van der Waals surface area contributed by atoms with Gasteiger partial charge < -0.3 is 19.5 Å². The third-order valence-electron chi connectivity index (χ3n) is 4.07. The first-order valence-corrected chi connectivity index (χ1v) is 8.37. The molecule has 2 aromatic heterocycles. The monoisotopic (exact) mass is 360 g/mol. The molecule has 0 spiro atoms. The van der Waals surface area contributed by atoms with E-state index in [2.05, 4.69) is 10.3 Å². The summed E-state index contributed by atoms with van der Waals surface area (Å²) in [6, 6.07) is 18.0. The van der Waals surface area contributed by atoms with Crippen LogP contribution < -0.4 is 15.5 Å². The number of fused-ring (bicyclic) bond motifs is 1. The van der Waals surface area contributed by atoms with E-state index in [0.717, 1.165) is 28.8 Å². The molecule has 0 aliphatic heterocycles. The van der Waals surface area contributed by atoms with E-state index in [-0.39, 0.29) is 18.1 Å². The summed E-state index contributed by atoms with van der Waals surface area (Å²) < 4.78 is 10.8. The zero-order chi connectivity index (χ0) is 18.6. The minimum Gasteiger partial charge on any atom is -0.482 e. The number of carbonyl (C=O) groups excluding carboxylic acids is 1. The van der Waals surface area contributed by atoms with Crippen LogP contribution in [-0.4, -0.2) is 10.9 Å². The van der Waals surface area contributed by atoms with Crippen molar-refractivity contribution in [2.24, 2.45) is 0 Å². The molecular weight excluding hydrogens is 344 g/mol. The molecule has 2 aromatic carbocycles. The van der Waals surface area contributed by atoms with Gasteiger partial charge in [0, 0.05) is 23.5 Å². The fourth-order valence-corrected chi connectivity index (χ4v) is 2.68. The lowest BCUT2D eigenvalue weighted by atomic mass is 10.2. The minimum absolute atomic E-state index is 0.0585. The van der Waals surface area contributed by atoms with Crippen molar-refractivity contribution in [1.29, 1.82) is 0 Å². The van der Waals surface area contributed by atoms with Gasteiger partial charge in [-0.15, -0.1) is 0 Å². The van der Waals surface area contributed by atoms with Crippen LogP contribution in [-0.2, 0) is 6.61 Å². The molecule has 6 heteroatoms. The number of H-pyrrole nitrogens is 1. The largest absolute Gasteiger partial charge is 0.482 e. The molecule has 134 valence electrons. The van der Waals surface area contributed by atoms with Crippen LogP contribution in [0.15, 0.2) is 82.3 Å². The Bertz CT molecular complexity index is 1150. The molecule has 0 saturated heterocycles. The Morgan fingerprint density at radius 1 is 1.07 bits per heavy atom. The molecule has 0 fully saturated rings. The third kappa shape index (κ3) is 3.74. The SMILES string of the molecule is O=C(Nc1ccc2cc[nH]c2c1)c1cc(=O)c(OCc2ccccc2)co1. The van der Waals surface area contributed by atoms with Gasteiger partial charge in [0.15, 0.2) is 5.76 Å². The number of aromatic nitrogens is 1. The number of nitrogens with one attached hydrogen (secondary N) is 2. The topological polar surface area (TPSA) is 84.3 Å². The fraction of sp³-hybridized carbons (Fsp3) is 0.0476. The molecule has 6 nitrogen and oxygen atoms in total. The summed E-state index contributed by atoms with van der Waals surface area (Å²) >= 11 is 0. The number of hydrogen-bond acceptors (Lipinski definition) is 4. The van der Waals surface area contributed by atoms with Crippen molar-refractivity contribution in [1.82, 2.24) is 4.98 Å². The molecule has 1 amide bonds. The average Bonchev–Trinajstić information content (AvgIpc) is 3.15. The molecule has 0 saturated carbocycles. The van der Waals surface area contributed by atoms with Crippen molar-refractivity contribution in [3.8, 4) is 5.75 Å². The van der Waals surface area contributed by atoms with Gasteiger partial charge in [0.2, 0.25) is 11.2 Å². The Hall–Kier alpha value is -3.80. The Morgan fingerprint density at radius 2 is 1.93 bits per heavy atom. The number of rotatable bonds is 5. The number of anilines is 1. The van der Waals surface area contributed by atoms with Crippen LogP contribution in [0.5, 0.6) is 5.75 Å². The molecule has 2 N–H and O–H groups in total. The van der Waals surface area contributed by atoms with Gasteiger partial charge in [0.1, 0.15) is 12.9 Å². The van der Waals surface area contributed by atoms with Gasteiger partial charge in [-0.3, -0.25) is 9.59 Å². The highest BCUT2D eigenvalue weighted by molar-refractivity contribution is 6.03. The summed E-state index contributed by atoms with van der Waals surface area (Å²) in [5, 5.41) is 3.75. The predicted octanol–water partition coefficient (Wildman–Crippen LogP) is 3.95. The van der Waals surface area contributed by atoms with Crippen molar-refractivity contribution >= 4 is 22.5 Å². The van der Waals surface area contributed by atoms with Gasteiger partial charge >= 0.3 is 0 Å². The number of carbonyl (C=O) groups is 1. The van der Waals surface area contributed by atoms with Crippen LogP contribution in [0.25, 0.3) is 10.9 Å². The van der Waals surface area contributed by atoms with E-state index in [4.69, 9.17) is 9.15 Å². The summed E-state index contributed by atoms with van der Waals surface area (Å²) in [5.41, 5.74) is 2.02. The lowest BCUT2D eigenvalue weighted by Crippen LogP contribution is -2.15. The van der Waals surface area contributed by atoms with E-state index in [1.807, 2.05) is 54.7 Å². The van der Waals surface area contributed by atoms with E-state index < -0.39 is 11.3 Å². The van der Waals surface area contributed by atoms with Gasteiger partial charge in [-0.25, -0.2) is 0 Å². The van der Waals surface area contributed by atoms with Crippen LogP contribution in [0.1, 0.15) is 16.1 Å². The average molecular weight is 360 g/mol. The number of ether oxygens (including phenoxy) is 1. The highest BCUT2D eigenvalue weighted by atomic mass is 16.5. The molecule has 0 radical (unpaired) electrons. The zero-order valence-corrected chi connectivity index (χ0v) is 14.3. The summed E-state index contributed by atoms with van der Waals surface area (Å²) in [6.45, 7) is 0.243. The first-order valence-electron chi connectivity index (χ1n) is 8.37. The van der Waals surface area contributed by atoms with Crippen molar-refractivity contribution in [2.45, 2.75) is 6.61 Å². The molecule has 0 aliphatic carbocycles. The summed E-state index contributed by atoms with van der Waals surface area (Å²) in [7, 11) is 0. The normalized spacial score (nSPS) is 10.7. The molecule has 27 heavy (non-hydrogen) atoms. The predicted molar refractivity (Wildman–Crippen MR) is 102 cm³/mol. The maximum absolute atomic E-state index is 12.3. The van der Waals surface area contributed by atoms with E-state index >= 15 is 0 Å². The van der Waals surface area contributed by atoms with E-state index in [1.54, 1.807) is 6.07 Å². The van der Waals surface area contributed by atoms with E-state index in [9.17, 15) is 9.59 Å². The van der Waals surface area contributed by atoms with Crippen LogP contribution in [0.4, 0.5) is 5.69 Å². The summed E-state index contributed by atoms with van der Waals surface area (Å²) in [4.78, 5) is 27.6. The number of hydrogen-bond donors (Lipinski definition) is 2. The smallest absolute Gasteiger partial charge is 0.291 e. The quantitative estimate of drug-likeness (QED) is 0.564. The van der Waals surface area contributed by atoms with E-state index in [1.165, 1.54) is 0 Å². The number of aromatic amines is 1. The second-order valence-corrected chi connectivity index (χ2v) is 5.98. The van der Waals surface area contributed by atoms with Crippen molar-refractivity contribution in [2.75, 3.05) is 5.32 Å². The Kier molecular flexibility index (Phi) is 4.45. The van der Waals surface area contributed by atoms with Gasteiger partial charge in [-0.1, -0.05) is 36.4 Å².